The molecule has 2 atom stereocenters. The Hall–Kier alpha value is -5.79. The molecule has 0 bridgehead atoms. The fraction of sp³-hybridized carbons (Fsp3) is 0.263. The molecule has 58 heavy (non-hydrogen) atoms. The fourth-order valence-electron chi connectivity index (χ4n) is 5.27. The Morgan fingerprint density at radius 2 is 1.22 bits per heavy atom. The van der Waals surface area contributed by atoms with Crippen molar-refractivity contribution in [3.05, 3.63) is 119 Å². The smallest absolute Gasteiger partial charge is 0.419 e. The quantitative estimate of drug-likeness (QED) is 0.0387. The number of nitrogens with zero attached hydrogens (tertiary/aromatic N) is 3. The molecule has 7 rings (SSSR count). The lowest BCUT2D eigenvalue weighted by Gasteiger charge is -2.18. The summed E-state index contributed by atoms with van der Waals surface area (Å²) in [6.07, 6.45) is -8.95. The maximum absolute atomic E-state index is 13.5. The molecule has 4 aromatic carbocycles. The SMILES string of the molecule is Fc1ccc(-c2nc(-c3ccc(OC4CCOC4)c(C(F)(F)F)c3)no2)cc1.N/C(=N\O)c1ccc(OC2CCOC2)c(C(F)(F)F)c1.O=C(Cl)c1ccc(F)cc1. The topological polar surface area (TPSA) is 152 Å². The lowest BCUT2D eigenvalue weighted by atomic mass is 10.1. The molecular formula is C38H31ClF8N4O7. The van der Waals surface area contributed by atoms with E-state index in [9.17, 15) is 39.9 Å². The zero-order chi connectivity index (χ0) is 42.0. The van der Waals surface area contributed by atoms with Crippen LogP contribution in [0, 0.1) is 11.6 Å². The molecule has 5 aromatic rings. The van der Waals surface area contributed by atoms with Gasteiger partial charge >= 0.3 is 12.4 Å². The number of rotatable bonds is 8. The normalized spacial score (nSPS) is 16.8. The van der Waals surface area contributed by atoms with Gasteiger partial charge in [0, 0.05) is 35.1 Å². The van der Waals surface area contributed by atoms with Crippen LogP contribution in [-0.4, -0.2) is 65.1 Å². The van der Waals surface area contributed by atoms with Crippen LogP contribution < -0.4 is 15.2 Å². The number of benzene rings is 4. The lowest BCUT2D eigenvalue weighted by Crippen LogP contribution is -2.20. The van der Waals surface area contributed by atoms with E-state index >= 15 is 0 Å². The van der Waals surface area contributed by atoms with E-state index in [-0.39, 0.29) is 53.4 Å². The summed E-state index contributed by atoms with van der Waals surface area (Å²) in [5.41, 5.74) is 4.26. The summed E-state index contributed by atoms with van der Waals surface area (Å²) in [7, 11) is 0. The minimum absolute atomic E-state index is 0.0134. The van der Waals surface area contributed by atoms with Gasteiger partial charge in [0.15, 0.2) is 5.84 Å². The van der Waals surface area contributed by atoms with E-state index in [4.69, 9.17) is 46.0 Å². The Kier molecular flexibility index (Phi) is 14.3. The van der Waals surface area contributed by atoms with Gasteiger partial charge in [0.05, 0.1) is 37.6 Å². The van der Waals surface area contributed by atoms with Gasteiger partial charge in [0.2, 0.25) is 5.82 Å². The standard InChI is InChI=1S/C19H14F4N2O3.C12H13F3N2O3.C7H4ClFO/c20-13-4-1-11(2-5-13)18-24-17(25-28-18)12-3-6-16(15(9-12)19(21,22)23)27-14-7-8-26-10-14;13-12(14,15)9-5-7(11(16)17-18)1-2-10(9)20-8-3-4-19-6-8;8-7(10)5-1-3-6(9)4-2-5/h1-6,9,14H,7-8,10H2;1-2,5,8,18H,3-4,6H2,(H2,16,17);1-4H. The molecule has 0 spiro atoms. The molecule has 2 aliphatic heterocycles. The van der Waals surface area contributed by atoms with Crippen LogP contribution in [0.15, 0.2) is 94.6 Å². The van der Waals surface area contributed by atoms with Gasteiger partial charge in [-0.2, -0.15) is 31.3 Å². The predicted molar refractivity (Wildman–Crippen MR) is 190 cm³/mol. The zero-order valence-corrected chi connectivity index (χ0v) is 30.5. The number of hydrogen-bond donors (Lipinski definition) is 2. The van der Waals surface area contributed by atoms with E-state index in [1.807, 2.05) is 0 Å². The first-order valence-corrected chi connectivity index (χ1v) is 17.3. The van der Waals surface area contributed by atoms with Crippen LogP contribution in [0.5, 0.6) is 11.5 Å². The van der Waals surface area contributed by atoms with E-state index in [1.54, 1.807) is 0 Å². The van der Waals surface area contributed by atoms with Gasteiger partial charge in [-0.1, -0.05) is 10.3 Å². The number of ether oxygens (including phenoxy) is 4. The summed E-state index contributed by atoms with van der Waals surface area (Å²) in [5, 5.41) is 14.4. The van der Waals surface area contributed by atoms with Crippen LogP contribution in [-0.2, 0) is 21.8 Å². The number of oxime groups is 1. The van der Waals surface area contributed by atoms with Crippen molar-refractivity contribution in [1.29, 1.82) is 0 Å². The third-order valence-electron chi connectivity index (χ3n) is 8.18. The molecule has 3 heterocycles. The Morgan fingerprint density at radius 3 is 1.71 bits per heavy atom. The van der Waals surface area contributed by atoms with E-state index in [2.05, 4.69) is 15.3 Å². The van der Waals surface area contributed by atoms with E-state index in [1.165, 1.54) is 66.7 Å². The van der Waals surface area contributed by atoms with E-state index in [0.717, 1.165) is 18.2 Å². The van der Waals surface area contributed by atoms with Gasteiger partial charge < -0.3 is 34.4 Å². The van der Waals surface area contributed by atoms with Gasteiger partial charge in [0.1, 0.15) is 35.3 Å². The van der Waals surface area contributed by atoms with Crippen LogP contribution >= 0.6 is 11.6 Å². The third-order valence-corrected chi connectivity index (χ3v) is 8.40. The van der Waals surface area contributed by atoms with Crippen molar-refractivity contribution < 1.29 is 68.6 Å². The summed E-state index contributed by atoms with van der Waals surface area (Å²) < 4.78 is 131. The van der Waals surface area contributed by atoms with Gasteiger partial charge in [-0.25, -0.2) is 8.78 Å². The van der Waals surface area contributed by atoms with Crippen molar-refractivity contribution in [3.8, 4) is 34.3 Å². The molecular weight excluding hydrogens is 812 g/mol. The van der Waals surface area contributed by atoms with Crippen molar-refractivity contribution in [2.45, 2.75) is 37.4 Å². The highest BCUT2D eigenvalue weighted by Gasteiger charge is 2.37. The second kappa shape index (κ2) is 19.1. The number of aromatic nitrogens is 2. The Labute approximate surface area is 328 Å². The highest BCUT2D eigenvalue weighted by Crippen LogP contribution is 2.40. The third kappa shape index (κ3) is 11.9. The van der Waals surface area contributed by atoms with Crippen molar-refractivity contribution in [2.75, 3.05) is 26.4 Å². The highest BCUT2D eigenvalue weighted by molar-refractivity contribution is 6.67. The molecule has 0 radical (unpaired) electrons. The summed E-state index contributed by atoms with van der Waals surface area (Å²) in [6.45, 7) is 1.44. The largest absolute Gasteiger partial charge is 0.487 e. The first kappa shape index (κ1) is 43.3. The average molecular weight is 843 g/mol. The number of hydrogen-bond acceptors (Lipinski definition) is 10. The molecule has 20 heteroatoms. The minimum Gasteiger partial charge on any atom is -0.487 e. The second-order valence-corrected chi connectivity index (χ2v) is 12.7. The summed E-state index contributed by atoms with van der Waals surface area (Å²) >= 11 is 5.09. The first-order valence-electron chi connectivity index (χ1n) is 17.0. The monoisotopic (exact) mass is 842 g/mol. The molecule has 308 valence electrons. The van der Waals surface area contributed by atoms with Crippen molar-refractivity contribution in [1.82, 2.24) is 10.1 Å². The fourth-order valence-corrected chi connectivity index (χ4v) is 5.39. The van der Waals surface area contributed by atoms with Crippen LogP contribution in [0.4, 0.5) is 35.1 Å². The maximum atomic E-state index is 13.5. The Bertz CT molecular complexity index is 2170. The first-order chi connectivity index (χ1) is 27.5. The van der Waals surface area contributed by atoms with Gasteiger partial charge in [0.25, 0.3) is 11.1 Å². The predicted octanol–water partition coefficient (Wildman–Crippen LogP) is 8.90. The molecule has 1 aromatic heterocycles. The molecule has 0 aliphatic carbocycles. The lowest BCUT2D eigenvalue weighted by molar-refractivity contribution is -0.140. The number of carbonyl (C=O) groups is 1. The highest BCUT2D eigenvalue weighted by atomic mass is 35.5. The molecule has 2 aliphatic rings. The van der Waals surface area contributed by atoms with E-state index in [0.29, 0.717) is 37.2 Å². The van der Waals surface area contributed by atoms with E-state index < -0.39 is 52.6 Å². The molecule has 11 nitrogen and oxygen atoms in total. The number of nitrogens with two attached hydrogens (primary N) is 1. The Morgan fingerprint density at radius 1 is 0.741 bits per heavy atom. The van der Waals surface area contributed by atoms with Gasteiger partial charge in [-0.15, -0.1) is 0 Å². The van der Waals surface area contributed by atoms with Crippen LogP contribution in [0.3, 0.4) is 0 Å². The summed E-state index contributed by atoms with van der Waals surface area (Å²) in [5.74, 6) is -1.70. The summed E-state index contributed by atoms with van der Waals surface area (Å²) in [6, 6.07) is 17.2. The molecule has 0 saturated carbocycles. The molecule has 2 saturated heterocycles. The number of alkyl halides is 6. The van der Waals surface area contributed by atoms with Crippen molar-refractivity contribution >= 4 is 22.7 Å². The Balaban J connectivity index is 0.000000185. The maximum Gasteiger partial charge on any atom is 0.419 e. The second-order valence-electron chi connectivity index (χ2n) is 12.3. The number of halogens is 9. The van der Waals surface area contributed by atoms with Crippen LogP contribution in [0.2, 0.25) is 0 Å². The van der Waals surface area contributed by atoms with Gasteiger partial charge in [-0.05, 0) is 96.5 Å². The van der Waals surface area contributed by atoms with Crippen LogP contribution in [0.25, 0.3) is 22.8 Å². The molecule has 2 fully saturated rings. The van der Waals surface area contributed by atoms with Gasteiger partial charge in [-0.3, -0.25) is 4.79 Å². The zero-order valence-electron chi connectivity index (χ0n) is 29.7. The van der Waals surface area contributed by atoms with Crippen LogP contribution in [0.1, 0.15) is 39.9 Å². The van der Waals surface area contributed by atoms with Crippen molar-refractivity contribution in [2.24, 2.45) is 10.9 Å². The molecule has 2 unspecified atom stereocenters. The number of carbonyl (C=O) groups excluding carboxylic acids is 1. The average Bonchev–Trinajstić information content (AvgIpc) is 4.00. The van der Waals surface area contributed by atoms with Crippen molar-refractivity contribution in [3.63, 3.8) is 0 Å². The number of amidine groups is 1. The molecule has 3 N–H and O–H groups in total. The summed E-state index contributed by atoms with van der Waals surface area (Å²) in [4.78, 5) is 14.5. The minimum atomic E-state index is -4.62. The molecule has 0 amide bonds.